The third-order valence-electron chi connectivity index (χ3n) is 7.86. The van der Waals surface area contributed by atoms with E-state index in [1.54, 1.807) is 0 Å². The van der Waals surface area contributed by atoms with Crippen LogP contribution in [0.25, 0.3) is 0 Å². The molecule has 1 aromatic heterocycles. The van der Waals surface area contributed by atoms with Gasteiger partial charge in [-0.15, -0.1) is 0 Å². The number of hydrogen-bond acceptors (Lipinski definition) is 3. The van der Waals surface area contributed by atoms with Gasteiger partial charge < -0.3 is 5.32 Å². The van der Waals surface area contributed by atoms with E-state index in [0.717, 1.165) is 31.3 Å². The van der Waals surface area contributed by atoms with Crippen molar-refractivity contribution in [3.05, 3.63) is 65.0 Å². The molecule has 2 aliphatic carbocycles. The SMILES string of the molecule is CC1CCC(CN(C[C@H]2Cc3ccccc3CN2)[C@H]2CCCc3cccnc32)CC1. The Labute approximate surface area is 182 Å². The summed E-state index contributed by atoms with van der Waals surface area (Å²) in [6, 6.07) is 14.4. The maximum atomic E-state index is 4.89. The zero-order chi connectivity index (χ0) is 20.3. The fraction of sp³-hybridized carbons (Fsp3) is 0.593. The minimum atomic E-state index is 0.494. The Balaban J connectivity index is 1.35. The van der Waals surface area contributed by atoms with Crippen molar-refractivity contribution in [3.8, 4) is 0 Å². The summed E-state index contributed by atoms with van der Waals surface area (Å²) in [7, 11) is 0. The maximum absolute atomic E-state index is 4.89. The summed E-state index contributed by atoms with van der Waals surface area (Å²) in [6.45, 7) is 5.82. The van der Waals surface area contributed by atoms with Crippen LogP contribution in [0.3, 0.4) is 0 Å². The normalized spacial score (nSPS) is 28.7. The first-order valence-electron chi connectivity index (χ1n) is 12.2. The van der Waals surface area contributed by atoms with Gasteiger partial charge in [-0.1, -0.05) is 50.1 Å². The van der Waals surface area contributed by atoms with E-state index in [1.165, 1.54) is 73.9 Å². The molecule has 1 aliphatic heterocycles. The standard InChI is InChI=1S/C27H37N3/c1-20-11-13-21(14-12-20)18-30(26-10-4-8-22-9-5-15-28-27(22)26)19-25-16-23-6-2-3-7-24(23)17-29-25/h2-3,5-7,9,15,20-21,25-26,29H,4,8,10-14,16-19H2,1H3/t20?,21?,25-,26+/m1/s1. The van der Waals surface area contributed by atoms with Gasteiger partial charge in [0.05, 0.1) is 11.7 Å². The molecule has 0 spiro atoms. The Morgan fingerprint density at radius 3 is 2.60 bits per heavy atom. The quantitative estimate of drug-likeness (QED) is 0.734. The van der Waals surface area contributed by atoms with Gasteiger partial charge in [0.15, 0.2) is 0 Å². The molecule has 1 saturated carbocycles. The van der Waals surface area contributed by atoms with Crippen molar-refractivity contribution < 1.29 is 0 Å². The number of fused-ring (bicyclic) bond motifs is 2. The lowest BCUT2D eigenvalue weighted by Crippen LogP contribution is -2.48. The van der Waals surface area contributed by atoms with E-state index < -0.39 is 0 Å². The Morgan fingerprint density at radius 2 is 1.73 bits per heavy atom. The van der Waals surface area contributed by atoms with Crippen molar-refractivity contribution in [2.45, 2.75) is 76.9 Å². The number of rotatable bonds is 5. The van der Waals surface area contributed by atoms with Crippen LogP contribution in [0.15, 0.2) is 42.6 Å². The number of nitrogens with one attached hydrogen (secondary N) is 1. The average molecular weight is 404 g/mol. The molecule has 1 aromatic carbocycles. The Hall–Kier alpha value is -1.71. The molecule has 2 heterocycles. The molecular formula is C27H37N3. The predicted molar refractivity (Wildman–Crippen MR) is 123 cm³/mol. The fourth-order valence-corrected chi connectivity index (χ4v) is 6.05. The van der Waals surface area contributed by atoms with Gasteiger partial charge in [0.25, 0.3) is 0 Å². The molecule has 1 N–H and O–H groups in total. The second kappa shape index (κ2) is 9.20. The molecule has 0 saturated heterocycles. The van der Waals surface area contributed by atoms with Gasteiger partial charge in [0.1, 0.15) is 0 Å². The van der Waals surface area contributed by atoms with Crippen molar-refractivity contribution in [3.63, 3.8) is 0 Å². The number of hydrogen-bond donors (Lipinski definition) is 1. The van der Waals surface area contributed by atoms with Crippen LogP contribution in [-0.4, -0.2) is 29.0 Å². The number of aryl methyl sites for hydroxylation is 1. The van der Waals surface area contributed by atoms with Gasteiger partial charge in [0, 0.05) is 31.9 Å². The zero-order valence-corrected chi connectivity index (χ0v) is 18.5. The molecule has 2 aromatic rings. The van der Waals surface area contributed by atoms with Gasteiger partial charge in [-0.25, -0.2) is 0 Å². The summed E-state index contributed by atoms with van der Waals surface area (Å²) in [5.41, 5.74) is 5.86. The van der Waals surface area contributed by atoms with Gasteiger partial charge in [-0.05, 0) is 73.1 Å². The number of benzene rings is 1. The summed E-state index contributed by atoms with van der Waals surface area (Å²) in [6.07, 6.45) is 12.5. The van der Waals surface area contributed by atoms with E-state index in [0.29, 0.717) is 12.1 Å². The van der Waals surface area contributed by atoms with E-state index in [-0.39, 0.29) is 0 Å². The molecule has 0 radical (unpaired) electrons. The molecule has 0 bridgehead atoms. The Morgan fingerprint density at radius 1 is 0.933 bits per heavy atom. The summed E-state index contributed by atoms with van der Waals surface area (Å²) in [5.74, 6) is 1.77. The van der Waals surface area contributed by atoms with Crippen LogP contribution in [0.1, 0.15) is 73.9 Å². The predicted octanol–water partition coefficient (Wildman–Crippen LogP) is 5.30. The van der Waals surface area contributed by atoms with E-state index in [4.69, 9.17) is 4.98 Å². The van der Waals surface area contributed by atoms with Crippen molar-refractivity contribution in [1.82, 2.24) is 15.2 Å². The second-order valence-electron chi connectivity index (χ2n) is 10.1. The molecular weight excluding hydrogens is 366 g/mol. The highest BCUT2D eigenvalue weighted by Crippen LogP contribution is 2.36. The molecule has 0 unspecified atom stereocenters. The van der Waals surface area contributed by atoms with E-state index in [9.17, 15) is 0 Å². The molecule has 160 valence electrons. The smallest absolute Gasteiger partial charge is 0.0607 e. The number of nitrogens with zero attached hydrogens (tertiary/aromatic N) is 2. The van der Waals surface area contributed by atoms with Crippen molar-refractivity contribution in [2.75, 3.05) is 13.1 Å². The summed E-state index contributed by atoms with van der Waals surface area (Å²) in [5, 5.41) is 3.85. The van der Waals surface area contributed by atoms with Crippen LogP contribution in [0.4, 0.5) is 0 Å². The molecule has 2 atom stereocenters. The first kappa shape index (κ1) is 20.2. The number of aromatic nitrogens is 1. The highest BCUT2D eigenvalue weighted by Gasteiger charge is 2.32. The van der Waals surface area contributed by atoms with Crippen molar-refractivity contribution in [2.24, 2.45) is 11.8 Å². The molecule has 1 fully saturated rings. The number of pyridine rings is 1. The van der Waals surface area contributed by atoms with Crippen LogP contribution in [-0.2, 0) is 19.4 Å². The summed E-state index contributed by atoms with van der Waals surface area (Å²) >= 11 is 0. The molecule has 3 aliphatic rings. The molecule has 3 heteroatoms. The summed E-state index contributed by atoms with van der Waals surface area (Å²) in [4.78, 5) is 7.72. The van der Waals surface area contributed by atoms with E-state index >= 15 is 0 Å². The highest BCUT2D eigenvalue weighted by atomic mass is 15.2. The summed E-state index contributed by atoms with van der Waals surface area (Å²) < 4.78 is 0. The highest BCUT2D eigenvalue weighted by molar-refractivity contribution is 5.30. The third-order valence-corrected chi connectivity index (χ3v) is 7.86. The average Bonchev–Trinajstić information content (AvgIpc) is 2.79. The van der Waals surface area contributed by atoms with Crippen LogP contribution >= 0.6 is 0 Å². The van der Waals surface area contributed by atoms with Crippen molar-refractivity contribution in [1.29, 1.82) is 0 Å². The molecule has 30 heavy (non-hydrogen) atoms. The topological polar surface area (TPSA) is 28.2 Å². The fourth-order valence-electron chi connectivity index (χ4n) is 6.05. The molecule has 0 amide bonds. The Kier molecular flexibility index (Phi) is 6.19. The van der Waals surface area contributed by atoms with Gasteiger partial charge in [-0.2, -0.15) is 0 Å². The first-order chi connectivity index (χ1) is 14.8. The van der Waals surface area contributed by atoms with Crippen LogP contribution in [0.2, 0.25) is 0 Å². The van der Waals surface area contributed by atoms with Crippen LogP contribution < -0.4 is 5.32 Å². The maximum Gasteiger partial charge on any atom is 0.0607 e. The molecule has 3 nitrogen and oxygen atoms in total. The zero-order valence-electron chi connectivity index (χ0n) is 18.5. The molecule has 5 rings (SSSR count). The monoisotopic (exact) mass is 403 g/mol. The van der Waals surface area contributed by atoms with Crippen LogP contribution in [0, 0.1) is 11.8 Å². The lowest BCUT2D eigenvalue weighted by atomic mass is 9.82. The minimum Gasteiger partial charge on any atom is -0.308 e. The lowest BCUT2D eigenvalue weighted by Gasteiger charge is -2.41. The minimum absolute atomic E-state index is 0.494. The van der Waals surface area contributed by atoms with Crippen LogP contribution in [0.5, 0.6) is 0 Å². The second-order valence-corrected chi connectivity index (χ2v) is 10.1. The van der Waals surface area contributed by atoms with Crippen molar-refractivity contribution >= 4 is 0 Å². The van der Waals surface area contributed by atoms with E-state index in [2.05, 4.69) is 53.5 Å². The largest absolute Gasteiger partial charge is 0.308 e. The van der Waals surface area contributed by atoms with Gasteiger partial charge in [-0.3, -0.25) is 9.88 Å². The Bertz CT molecular complexity index is 840. The van der Waals surface area contributed by atoms with Gasteiger partial charge >= 0.3 is 0 Å². The van der Waals surface area contributed by atoms with E-state index in [1.807, 2.05) is 6.20 Å². The third kappa shape index (κ3) is 4.48. The first-order valence-corrected chi connectivity index (χ1v) is 12.2. The van der Waals surface area contributed by atoms with Gasteiger partial charge in [0.2, 0.25) is 0 Å². The lowest BCUT2D eigenvalue weighted by molar-refractivity contribution is 0.112.